The van der Waals surface area contributed by atoms with Gasteiger partial charge < -0.3 is 15.4 Å². The molecule has 0 saturated heterocycles. The molecule has 2 rings (SSSR count). The number of carbonyl (C=O) groups is 1. The standard InChI is InChI=1S/C16H19N3O2/c1-19(10-7-12-5-8-18-9-6-12)15-4-3-13(17)11-14(15)16(20)21-2/h3-6,8-9,11H,7,10,17H2,1-2H3. The van der Waals surface area contributed by atoms with Crippen molar-refractivity contribution in [2.45, 2.75) is 6.42 Å². The number of anilines is 2. The van der Waals surface area contributed by atoms with Crippen LogP contribution in [0.2, 0.25) is 0 Å². The number of hydrogen-bond acceptors (Lipinski definition) is 5. The lowest BCUT2D eigenvalue weighted by Gasteiger charge is -2.22. The van der Waals surface area contributed by atoms with Gasteiger partial charge in [-0.3, -0.25) is 4.98 Å². The summed E-state index contributed by atoms with van der Waals surface area (Å²) in [4.78, 5) is 17.9. The van der Waals surface area contributed by atoms with Crippen molar-refractivity contribution in [3.63, 3.8) is 0 Å². The molecule has 2 aromatic rings. The van der Waals surface area contributed by atoms with Gasteiger partial charge in [-0.1, -0.05) is 0 Å². The lowest BCUT2D eigenvalue weighted by atomic mass is 10.1. The van der Waals surface area contributed by atoms with Gasteiger partial charge in [0.05, 0.1) is 18.4 Å². The fraction of sp³-hybridized carbons (Fsp3) is 0.250. The lowest BCUT2D eigenvalue weighted by Crippen LogP contribution is -2.23. The number of hydrogen-bond donors (Lipinski definition) is 1. The van der Waals surface area contributed by atoms with Crippen molar-refractivity contribution in [3.8, 4) is 0 Å². The average Bonchev–Trinajstić information content (AvgIpc) is 2.52. The molecule has 0 aliphatic heterocycles. The Bertz CT molecular complexity index is 614. The van der Waals surface area contributed by atoms with Crippen molar-refractivity contribution in [1.82, 2.24) is 4.98 Å². The van der Waals surface area contributed by atoms with Crippen LogP contribution in [-0.4, -0.2) is 31.7 Å². The third-order valence-corrected chi connectivity index (χ3v) is 3.32. The molecule has 0 fully saturated rings. The largest absolute Gasteiger partial charge is 0.465 e. The summed E-state index contributed by atoms with van der Waals surface area (Å²) in [5, 5.41) is 0. The molecule has 2 N–H and O–H groups in total. The summed E-state index contributed by atoms with van der Waals surface area (Å²) in [7, 11) is 3.31. The molecular formula is C16H19N3O2. The molecule has 0 bridgehead atoms. The number of benzene rings is 1. The van der Waals surface area contributed by atoms with Crippen LogP contribution in [-0.2, 0) is 11.2 Å². The Kier molecular flexibility index (Phi) is 4.77. The van der Waals surface area contributed by atoms with E-state index in [0.29, 0.717) is 11.3 Å². The van der Waals surface area contributed by atoms with Crippen molar-refractivity contribution in [3.05, 3.63) is 53.9 Å². The first-order chi connectivity index (χ1) is 10.1. The Balaban J connectivity index is 2.15. The maximum absolute atomic E-state index is 11.9. The monoisotopic (exact) mass is 285 g/mol. The van der Waals surface area contributed by atoms with Gasteiger partial charge in [0.25, 0.3) is 0 Å². The highest BCUT2D eigenvalue weighted by Gasteiger charge is 2.15. The topological polar surface area (TPSA) is 68.5 Å². The van der Waals surface area contributed by atoms with Gasteiger partial charge >= 0.3 is 5.97 Å². The number of rotatable bonds is 5. The minimum atomic E-state index is -0.381. The van der Waals surface area contributed by atoms with Crippen LogP contribution in [0.1, 0.15) is 15.9 Å². The second-order valence-electron chi connectivity index (χ2n) is 4.80. The van der Waals surface area contributed by atoms with Gasteiger partial charge in [-0.2, -0.15) is 0 Å². The lowest BCUT2D eigenvalue weighted by molar-refractivity contribution is 0.0601. The molecule has 0 aliphatic rings. The highest BCUT2D eigenvalue weighted by molar-refractivity contribution is 5.96. The first kappa shape index (κ1) is 14.8. The van der Waals surface area contributed by atoms with E-state index in [0.717, 1.165) is 18.7 Å². The van der Waals surface area contributed by atoms with Crippen LogP contribution >= 0.6 is 0 Å². The van der Waals surface area contributed by atoms with Crippen molar-refractivity contribution in [2.75, 3.05) is 31.3 Å². The van der Waals surface area contributed by atoms with E-state index < -0.39 is 0 Å². The smallest absolute Gasteiger partial charge is 0.340 e. The molecule has 0 radical (unpaired) electrons. The van der Waals surface area contributed by atoms with Crippen LogP contribution in [0.4, 0.5) is 11.4 Å². The van der Waals surface area contributed by atoms with Crippen LogP contribution in [0.25, 0.3) is 0 Å². The average molecular weight is 285 g/mol. The molecule has 5 heteroatoms. The second-order valence-corrected chi connectivity index (χ2v) is 4.80. The van der Waals surface area contributed by atoms with Crippen molar-refractivity contribution < 1.29 is 9.53 Å². The summed E-state index contributed by atoms with van der Waals surface area (Å²) < 4.78 is 4.82. The number of aromatic nitrogens is 1. The first-order valence-electron chi connectivity index (χ1n) is 6.69. The van der Waals surface area contributed by atoms with E-state index >= 15 is 0 Å². The van der Waals surface area contributed by atoms with Crippen molar-refractivity contribution in [1.29, 1.82) is 0 Å². The summed E-state index contributed by atoms with van der Waals surface area (Å²) in [6.07, 6.45) is 4.42. The molecule has 110 valence electrons. The Morgan fingerprint density at radius 3 is 2.67 bits per heavy atom. The van der Waals surface area contributed by atoms with Gasteiger partial charge in [-0.25, -0.2) is 4.79 Å². The van der Waals surface area contributed by atoms with Crippen LogP contribution in [0.5, 0.6) is 0 Å². The third kappa shape index (κ3) is 3.72. The second kappa shape index (κ2) is 6.74. The van der Waals surface area contributed by atoms with Gasteiger partial charge in [0.15, 0.2) is 0 Å². The number of esters is 1. The van der Waals surface area contributed by atoms with E-state index in [2.05, 4.69) is 4.98 Å². The van der Waals surface area contributed by atoms with E-state index in [1.165, 1.54) is 12.7 Å². The summed E-state index contributed by atoms with van der Waals surface area (Å²) in [6, 6.07) is 9.24. The zero-order valence-electron chi connectivity index (χ0n) is 12.2. The molecule has 1 aromatic carbocycles. The summed E-state index contributed by atoms with van der Waals surface area (Å²) in [5.41, 5.74) is 8.79. The molecule has 5 nitrogen and oxygen atoms in total. The Morgan fingerprint density at radius 1 is 1.29 bits per heavy atom. The van der Waals surface area contributed by atoms with Crippen molar-refractivity contribution >= 4 is 17.3 Å². The zero-order chi connectivity index (χ0) is 15.2. The van der Waals surface area contributed by atoms with Crippen LogP contribution in [0, 0.1) is 0 Å². The van der Waals surface area contributed by atoms with Gasteiger partial charge in [0.1, 0.15) is 0 Å². The molecular weight excluding hydrogens is 266 g/mol. The quantitative estimate of drug-likeness (QED) is 0.673. The number of nitrogen functional groups attached to an aromatic ring is 1. The number of ether oxygens (including phenoxy) is 1. The summed E-state index contributed by atoms with van der Waals surface area (Å²) >= 11 is 0. The Labute approximate surface area is 124 Å². The highest BCUT2D eigenvalue weighted by atomic mass is 16.5. The fourth-order valence-corrected chi connectivity index (χ4v) is 2.13. The van der Waals surface area contributed by atoms with E-state index in [1.54, 1.807) is 24.5 Å². The Hall–Kier alpha value is -2.56. The van der Waals surface area contributed by atoms with Gasteiger partial charge in [-0.15, -0.1) is 0 Å². The number of nitrogens with two attached hydrogens (primary N) is 1. The molecule has 21 heavy (non-hydrogen) atoms. The fourth-order valence-electron chi connectivity index (χ4n) is 2.13. The molecule has 0 saturated carbocycles. The van der Waals surface area contributed by atoms with Gasteiger partial charge in [0, 0.05) is 31.7 Å². The van der Waals surface area contributed by atoms with E-state index in [1.807, 2.05) is 30.1 Å². The van der Waals surface area contributed by atoms with Crippen LogP contribution < -0.4 is 10.6 Å². The molecule has 1 heterocycles. The van der Waals surface area contributed by atoms with Crippen LogP contribution in [0.15, 0.2) is 42.7 Å². The van der Waals surface area contributed by atoms with Crippen molar-refractivity contribution in [2.24, 2.45) is 0 Å². The maximum atomic E-state index is 11.9. The molecule has 1 aromatic heterocycles. The number of pyridine rings is 1. The predicted octanol–water partition coefficient (Wildman–Crippen LogP) is 2.13. The summed E-state index contributed by atoms with van der Waals surface area (Å²) in [5.74, 6) is -0.381. The van der Waals surface area contributed by atoms with Crippen LogP contribution in [0.3, 0.4) is 0 Å². The molecule has 0 amide bonds. The van der Waals surface area contributed by atoms with E-state index in [-0.39, 0.29) is 5.97 Å². The predicted molar refractivity (Wildman–Crippen MR) is 83.4 cm³/mol. The SMILES string of the molecule is COC(=O)c1cc(N)ccc1N(C)CCc1ccncc1. The number of methoxy groups -OCH3 is 1. The molecule has 0 aliphatic carbocycles. The molecule has 0 unspecified atom stereocenters. The number of carbonyl (C=O) groups excluding carboxylic acids is 1. The molecule has 0 spiro atoms. The van der Waals surface area contributed by atoms with E-state index in [4.69, 9.17) is 10.5 Å². The van der Waals surface area contributed by atoms with Gasteiger partial charge in [0.2, 0.25) is 0 Å². The minimum absolute atomic E-state index is 0.381. The first-order valence-corrected chi connectivity index (χ1v) is 6.69. The molecule has 0 atom stereocenters. The Morgan fingerprint density at radius 2 is 2.00 bits per heavy atom. The summed E-state index contributed by atoms with van der Waals surface area (Å²) in [6.45, 7) is 0.776. The minimum Gasteiger partial charge on any atom is -0.465 e. The van der Waals surface area contributed by atoms with E-state index in [9.17, 15) is 4.79 Å². The highest BCUT2D eigenvalue weighted by Crippen LogP contribution is 2.23. The zero-order valence-corrected chi connectivity index (χ0v) is 12.2. The number of likely N-dealkylation sites (N-methyl/N-ethyl adjacent to an activating group) is 1. The normalized spacial score (nSPS) is 10.2. The maximum Gasteiger partial charge on any atom is 0.340 e. The van der Waals surface area contributed by atoms with Gasteiger partial charge in [-0.05, 0) is 42.3 Å². The third-order valence-electron chi connectivity index (χ3n) is 3.32. The number of nitrogens with zero attached hydrogens (tertiary/aromatic N) is 2.